The molecule has 26 heavy (non-hydrogen) atoms. The van der Waals surface area contributed by atoms with E-state index in [-0.39, 0.29) is 12.1 Å². The number of carbonyl (C=O) groups excluding carboxylic acids is 1. The van der Waals surface area contributed by atoms with Crippen LogP contribution in [0.3, 0.4) is 0 Å². The Labute approximate surface area is 156 Å². The van der Waals surface area contributed by atoms with Crippen molar-refractivity contribution >= 4 is 6.09 Å². The maximum atomic E-state index is 12.3. The van der Waals surface area contributed by atoms with Crippen molar-refractivity contribution in [3.8, 4) is 11.1 Å². The van der Waals surface area contributed by atoms with Crippen molar-refractivity contribution in [3.05, 3.63) is 60.2 Å². The fraction of sp³-hybridized carbons (Fsp3) is 0.409. The van der Waals surface area contributed by atoms with Gasteiger partial charge in [0.2, 0.25) is 0 Å². The van der Waals surface area contributed by atoms with E-state index in [2.05, 4.69) is 53.8 Å². The summed E-state index contributed by atoms with van der Waals surface area (Å²) < 4.78 is 5.51. The molecular weight excluding hydrogens is 324 g/mol. The maximum Gasteiger partial charge on any atom is 0.410 e. The first kappa shape index (κ1) is 18.5. The number of hydrogen-bond acceptors (Lipinski definition) is 3. The molecule has 0 saturated carbocycles. The number of amides is 1. The third-order valence-electron chi connectivity index (χ3n) is 4.42. The maximum absolute atomic E-state index is 12.3. The predicted octanol–water partition coefficient (Wildman–Crippen LogP) is 4.11. The molecule has 0 bridgehead atoms. The lowest BCUT2D eigenvalue weighted by Crippen LogP contribution is -2.54. The Balaban J connectivity index is 1.65. The lowest BCUT2D eigenvalue weighted by molar-refractivity contribution is 0.0195. The first-order valence-corrected chi connectivity index (χ1v) is 9.26. The van der Waals surface area contributed by atoms with Gasteiger partial charge in [-0.2, -0.15) is 0 Å². The highest BCUT2D eigenvalue weighted by Gasteiger charge is 2.27. The third kappa shape index (κ3) is 5.09. The van der Waals surface area contributed by atoms with Crippen molar-refractivity contribution in [2.75, 3.05) is 19.6 Å². The second kappa shape index (κ2) is 7.92. The summed E-state index contributed by atoms with van der Waals surface area (Å²) in [6.45, 7) is 7.86. The van der Waals surface area contributed by atoms with E-state index >= 15 is 0 Å². The molecule has 1 N–H and O–H groups in total. The van der Waals surface area contributed by atoms with E-state index < -0.39 is 5.60 Å². The molecule has 0 unspecified atom stereocenters. The Morgan fingerprint density at radius 1 is 1.12 bits per heavy atom. The van der Waals surface area contributed by atoms with Crippen LogP contribution in [-0.4, -0.2) is 42.3 Å². The molecule has 2 aromatic rings. The van der Waals surface area contributed by atoms with Gasteiger partial charge in [0.1, 0.15) is 5.60 Å². The van der Waals surface area contributed by atoms with E-state index in [1.165, 1.54) is 16.7 Å². The smallest absolute Gasteiger partial charge is 0.410 e. The molecule has 1 saturated heterocycles. The van der Waals surface area contributed by atoms with Crippen LogP contribution in [0.25, 0.3) is 11.1 Å². The Bertz CT molecular complexity index is 737. The van der Waals surface area contributed by atoms with Crippen molar-refractivity contribution < 1.29 is 9.53 Å². The molecule has 0 radical (unpaired) electrons. The van der Waals surface area contributed by atoms with Gasteiger partial charge in [-0.3, -0.25) is 0 Å². The Hall–Kier alpha value is -2.33. The highest BCUT2D eigenvalue weighted by atomic mass is 16.6. The minimum atomic E-state index is -0.457. The first-order valence-electron chi connectivity index (χ1n) is 9.26. The number of nitrogens with one attached hydrogen (secondary N) is 1. The van der Waals surface area contributed by atoms with Crippen LogP contribution in [0.15, 0.2) is 54.6 Å². The van der Waals surface area contributed by atoms with Crippen LogP contribution in [-0.2, 0) is 11.2 Å². The summed E-state index contributed by atoms with van der Waals surface area (Å²) in [7, 11) is 0. The number of piperazine rings is 1. The summed E-state index contributed by atoms with van der Waals surface area (Å²) in [5.41, 5.74) is 3.26. The standard InChI is InChI=1S/C22H28N2O2/c1-22(2,3)26-21(25)24-13-12-23-20(16-24)15-17-8-7-11-19(14-17)18-9-5-4-6-10-18/h4-11,14,20,23H,12-13,15-16H2,1-3H3/t20-/m0/s1. The van der Waals surface area contributed by atoms with Crippen LogP contribution in [0, 0.1) is 0 Å². The highest BCUT2D eigenvalue weighted by molar-refractivity contribution is 5.68. The molecule has 2 aromatic carbocycles. The topological polar surface area (TPSA) is 41.6 Å². The molecule has 1 atom stereocenters. The minimum Gasteiger partial charge on any atom is -0.444 e. The van der Waals surface area contributed by atoms with Crippen molar-refractivity contribution in [3.63, 3.8) is 0 Å². The van der Waals surface area contributed by atoms with Crippen molar-refractivity contribution in [2.24, 2.45) is 0 Å². The molecule has 1 fully saturated rings. The summed E-state index contributed by atoms with van der Waals surface area (Å²) in [5, 5.41) is 3.53. The van der Waals surface area contributed by atoms with Gasteiger partial charge >= 0.3 is 6.09 Å². The summed E-state index contributed by atoms with van der Waals surface area (Å²) in [6.07, 6.45) is 0.669. The molecule has 4 nitrogen and oxygen atoms in total. The summed E-state index contributed by atoms with van der Waals surface area (Å²) in [4.78, 5) is 14.1. The normalized spacial score (nSPS) is 17.8. The monoisotopic (exact) mass is 352 g/mol. The largest absolute Gasteiger partial charge is 0.444 e. The predicted molar refractivity (Wildman–Crippen MR) is 105 cm³/mol. The van der Waals surface area contributed by atoms with Gasteiger partial charge in [0.15, 0.2) is 0 Å². The number of hydrogen-bond donors (Lipinski definition) is 1. The third-order valence-corrected chi connectivity index (χ3v) is 4.42. The fourth-order valence-corrected chi connectivity index (χ4v) is 3.25. The molecule has 1 aliphatic heterocycles. The molecular formula is C22H28N2O2. The number of carbonyl (C=O) groups is 1. The van der Waals surface area contributed by atoms with Crippen molar-refractivity contribution in [1.82, 2.24) is 10.2 Å². The van der Waals surface area contributed by atoms with Crippen LogP contribution in [0.5, 0.6) is 0 Å². The van der Waals surface area contributed by atoms with Gasteiger partial charge in [-0.15, -0.1) is 0 Å². The van der Waals surface area contributed by atoms with Crippen LogP contribution < -0.4 is 5.32 Å². The zero-order valence-electron chi connectivity index (χ0n) is 15.9. The second-order valence-electron chi connectivity index (χ2n) is 7.85. The minimum absolute atomic E-state index is 0.220. The lowest BCUT2D eigenvalue weighted by atomic mass is 9.98. The Kier molecular flexibility index (Phi) is 5.62. The average Bonchev–Trinajstić information content (AvgIpc) is 2.61. The van der Waals surface area contributed by atoms with Crippen LogP contribution in [0.1, 0.15) is 26.3 Å². The molecule has 0 aliphatic carbocycles. The van der Waals surface area contributed by atoms with Crippen LogP contribution in [0.4, 0.5) is 4.79 Å². The van der Waals surface area contributed by atoms with Crippen molar-refractivity contribution in [2.45, 2.75) is 38.8 Å². The molecule has 0 aromatic heterocycles. The number of rotatable bonds is 3. The zero-order chi connectivity index (χ0) is 18.6. The fourth-order valence-electron chi connectivity index (χ4n) is 3.25. The molecule has 1 amide bonds. The zero-order valence-corrected chi connectivity index (χ0v) is 15.9. The summed E-state index contributed by atoms with van der Waals surface area (Å²) >= 11 is 0. The molecule has 4 heteroatoms. The van der Waals surface area contributed by atoms with Crippen LogP contribution in [0.2, 0.25) is 0 Å². The second-order valence-corrected chi connectivity index (χ2v) is 7.85. The lowest BCUT2D eigenvalue weighted by Gasteiger charge is -2.35. The Morgan fingerprint density at radius 2 is 1.85 bits per heavy atom. The SMILES string of the molecule is CC(C)(C)OC(=O)N1CCN[C@@H](Cc2cccc(-c3ccccc3)c2)C1. The van der Waals surface area contributed by atoms with Gasteiger partial charge in [-0.1, -0.05) is 54.6 Å². The first-order chi connectivity index (χ1) is 12.4. The van der Waals surface area contributed by atoms with E-state index in [4.69, 9.17) is 4.74 Å². The van der Waals surface area contributed by atoms with E-state index in [1.807, 2.05) is 31.7 Å². The molecule has 1 heterocycles. The molecule has 138 valence electrons. The number of benzene rings is 2. The van der Waals surface area contributed by atoms with E-state index in [0.717, 1.165) is 13.0 Å². The van der Waals surface area contributed by atoms with E-state index in [1.54, 1.807) is 0 Å². The van der Waals surface area contributed by atoms with E-state index in [9.17, 15) is 4.79 Å². The van der Waals surface area contributed by atoms with Gasteiger partial charge < -0.3 is 15.0 Å². The van der Waals surface area contributed by atoms with Gasteiger partial charge in [-0.25, -0.2) is 4.79 Å². The van der Waals surface area contributed by atoms with Gasteiger partial charge in [-0.05, 0) is 43.9 Å². The highest BCUT2D eigenvalue weighted by Crippen LogP contribution is 2.21. The average molecular weight is 352 g/mol. The number of nitrogens with zero attached hydrogens (tertiary/aromatic N) is 1. The van der Waals surface area contributed by atoms with E-state index in [0.29, 0.717) is 13.1 Å². The van der Waals surface area contributed by atoms with Crippen molar-refractivity contribution in [1.29, 1.82) is 0 Å². The molecule has 3 rings (SSSR count). The van der Waals surface area contributed by atoms with Gasteiger partial charge in [0, 0.05) is 25.7 Å². The quantitative estimate of drug-likeness (QED) is 0.904. The molecule has 0 spiro atoms. The van der Waals surface area contributed by atoms with Gasteiger partial charge in [0.05, 0.1) is 0 Å². The van der Waals surface area contributed by atoms with Crippen LogP contribution >= 0.6 is 0 Å². The van der Waals surface area contributed by atoms with Gasteiger partial charge in [0.25, 0.3) is 0 Å². The summed E-state index contributed by atoms with van der Waals surface area (Å²) in [6, 6.07) is 19.3. The Morgan fingerprint density at radius 3 is 2.58 bits per heavy atom. The molecule has 1 aliphatic rings. The number of ether oxygens (including phenoxy) is 1. The summed E-state index contributed by atoms with van der Waals surface area (Å²) in [5.74, 6) is 0.